The van der Waals surface area contributed by atoms with E-state index < -0.39 is 11.4 Å². The van der Waals surface area contributed by atoms with Crippen molar-refractivity contribution in [1.29, 1.82) is 0 Å². The summed E-state index contributed by atoms with van der Waals surface area (Å²) in [6.07, 6.45) is 0.744. The lowest BCUT2D eigenvalue weighted by Gasteiger charge is -2.27. The Balaban J connectivity index is 2.42. The number of rotatable bonds is 7. The molecule has 2 N–H and O–H groups in total. The van der Waals surface area contributed by atoms with Crippen molar-refractivity contribution in [3.8, 4) is 0 Å². The van der Waals surface area contributed by atoms with Crippen LogP contribution in [0.2, 0.25) is 0 Å². The Kier molecular flexibility index (Phi) is 6.24. The topological polar surface area (TPSA) is 84.9 Å². The minimum absolute atomic E-state index is 0.00289. The third-order valence-electron chi connectivity index (χ3n) is 3.72. The van der Waals surface area contributed by atoms with Crippen LogP contribution in [0.15, 0.2) is 0 Å². The fourth-order valence-corrected chi connectivity index (χ4v) is 2.13. The van der Waals surface area contributed by atoms with Gasteiger partial charge in [0.1, 0.15) is 0 Å². The molecule has 1 heterocycles. The number of carboxylic acids is 1. The van der Waals surface area contributed by atoms with Gasteiger partial charge in [0.05, 0.1) is 31.3 Å². The standard InChI is InChI=1S/C13H23NO5/c1-3-13(4-2,12(16)17)7-11(15)14-8-10-9-18-5-6-19-10/h10H,3-9H2,1-2H3,(H,14,15)(H,16,17). The van der Waals surface area contributed by atoms with Crippen LogP contribution >= 0.6 is 0 Å². The number of ether oxygens (including phenoxy) is 2. The maximum Gasteiger partial charge on any atom is 0.310 e. The smallest absolute Gasteiger partial charge is 0.310 e. The molecule has 0 radical (unpaired) electrons. The number of carboxylic acid groups (broad SMARTS) is 1. The molecule has 0 aromatic carbocycles. The van der Waals surface area contributed by atoms with Crippen molar-refractivity contribution >= 4 is 11.9 Å². The zero-order valence-corrected chi connectivity index (χ0v) is 11.6. The van der Waals surface area contributed by atoms with Gasteiger partial charge < -0.3 is 19.9 Å². The Morgan fingerprint density at radius 3 is 2.47 bits per heavy atom. The Morgan fingerprint density at radius 1 is 1.32 bits per heavy atom. The van der Waals surface area contributed by atoms with Gasteiger partial charge in [0.2, 0.25) is 5.91 Å². The molecular weight excluding hydrogens is 250 g/mol. The van der Waals surface area contributed by atoms with Crippen LogP contribution in [0.1, 0.15) is 33.1 Å². The molecule has 1 atom stereocenters. The van der Waals surface area contributed by atoms with Gasteiger partial charge in [-0.15, -0.1) is 0 Å². The van der Waals surface area contributed by atoms with Gasteiger partial charge in [-0.05, 0) is 12.8 Å². The molecule has 19 heavy (non-hydrogen) atoms. The van der Waals surface area contributed by atoms with Crippen LogP contribution in [0.3, 0.4) is 0 Å². The first-order chi connectivity index (χ1) is 9.04. The Morgan fingerprint density at radius 2 is 2.00 bits per heavy atom. The fourth-order valence-electron chi connectivity index (χ4n) is 2.13. The maximum absolute atomic E-state index is 11.9. The fraction of sp³-hybridized carbons (Fsp3) is 0.846. The van der Waals surface area contributed by atoms with Crippen LogP contribution in [-0.4, -0.2) is 49.5 Å². The van der Waals surface area contributed by atoms with E-state index in [1.54, 1.807) is 13.8 Å². The average molecular weight is 273 g/mol. The molecular formula is C13H23NO5. The second-order valence-corrected chi connectivity index (χ2v) is 4.84. The lowest BCUT2D eigenvalue weighted by molar-refractivity contribution is -0.152. The van der Waals surface area contributed by atoms with E-state index in [4.69, 9.17) is 9.47 Å². The summed E-state index contributed by atoms with van der Waals surface area (Å²) in [5.41, 5.74) is -0.964. The summed E-state index contributed by atoms with van der Waals surface area (Å²) in [6.45, 7) is 5.53. The summed E-state index contributed by atoms with van der Waals surface area (Å²) in [6, 6.07) is 0. The maximum atomic E-state index is 11.9. The number of hydrogen-bond acceptors (Lipinski definition) is 4. The number of amides is 1. The zero-order valence-electron chi connectivity index (χ0n) is 11.6. The van der Waals surface area contributed by atoms with Gasteiger partial charge in [-0.1, -0.05) is 13.8 Å². The van der Waals surface area contributed by atoms with Crippen molar-refractivity contribution in [3.05, 3.63) is 0 Å². The quantitative estimate of drug-likeness (QED) is 0.716. The van der Waals surface area contributed by atoms with E-state index in [0.29, 0.717) is 39.2 Å². The van der Waals surface area contributed by atoms with Crippen molar-refractivity contribution in [3.63, 3.8) is 0 Å². The van der Waals surface area contributed by atoms with Crippen molar-refractivity contribution in [2.45, 2.75) is 39.2 Å². The van der Waals surface area contributed by atoms with Gasteiger partial charge in [0, 0.05) is 13.0 Å². The summed E-state index contributed by atoms with van der Waals surface area (Å²) < 4.78 is 10.6. The molecule has 1 aliphatic heterocycles. The molecule has 1 fully saturated rings. The van der Waals surface area contributed by atoms with Crippen molar-refractivity contribution in [2.24, 2.45) is 5.41 Å². The second kappa shape index (κ2) is 7.45. The van der Waals surface area contributed by atoms with E-state index in [-0.39, 0.29) is 18.4 Å². The first kappa shape index (κ1) is 15.9. The second-order valence-electron chi connectivity index (χ2n) is 4.84. The molecule has 6 heteroatoms. The molecule has 1 saturated heterocycles. The van der Waals surface area contributed by atoms with Crippen molar-refractivity contribution in [1.82, 2.24) is 5.32 Å². The van der Waals surface area contributed by atoms with Crippen LogP contribution in [-0.2, 0) is 19.1 Å². The van der Waals surface area contributed by atoms with E-state index in [1.165, 1.54) is 0 Å². The van der Waals surface area contributed by atoms with Gasteiger partial charge in [-0.25, -0.2) is 0 Å². The van der Waals surface area contributed by atoms with Gasteiger partial charge in [-0.2, -0.15) is 0 Å². The highest BCUT2D eigenvalue weighted by Gasteiger charge is 2.37. The molecule has 0 saturated carbocycles. The summed E-state index contributed by atoms with van der Waals surface area (Å²) in [4.78, 5) is 23.2. The Hall–Kier alpha value is -1.14. The van der Waals surface area contributed by atoms with Gasteiger partial charge in [0.15, 0.2) is 0 Å². The number of aliphatic carboxylic acids is 1. The number of hydrogen-bond donors (Lipinski definition) is 2. The van der Waals surface area contributed by atoms with E-state index >= 15 is 0 Å². The SMILES string of the molecule is CCC(CC)(CC(=O)NCC1COCCO1)C(=O)O. The molecule has 0 aromatic heterocycles. The van der Waals surface area contributed by atoms with Crippen LogP contribution in [0, 0.1) is 5.41 Å². The molecule has 0 spiro atoms. The van der Waals surface area contributed by atoms with E-state index in [1.807, 2.05) is 0 Å². The molecule has 1 aliphatic rings. The molecule has 1 amide bonds. The minimum atomic E-state index is -0.964. The zero-order chi connectivity index (χ0) is 14.3. The van der Waals surface area contributed by atoms with E-state index in [9.17, 15) is 14.7 Å². The first-order valence-corrected chi connectivity index (χ1v) is 6.73. The first-order valence-electron chi connectivity index (χ1n) is 6.73. The van der Waals surface area contributed by atoms with Crippen LogP contribution in [0.4, 0.5) is 0 Å². The summed E-state index contributed by atoms with van der Waals surface area (Å²) in [5, 5.41) is 12.0. The van der Waals surface area contributed by atoms with E-state index in [0.717, 1.165) is 0 Å². The third-order valence-corrected chi connectivity index (χ3v) is 3.72. The number of carbonyl (C=O) groups excluding carboxylic acids is 1. The van der Waals surface area contributed by atoms with Gasteiger partial charge in [-0.3, -0.25) is 9.59 Å². The highest BCUT2D eigenvalue weighted by Crippen LogP contribution is 2.30. The lowest BCUT2D eigenvalue weighted by atomic mass is 9.79. The van der Waals surface area contributed by atoms with Gasteiger partial charge >= 0.3 is 5.97 Å². The molecule has 1 rings (SSSR count). The van der Waals surface area contributed by atoms with E-state index in [2.05, 4.69) is 5.32 Å². The number of carbonyl (C=O) groups is 2. The molecule has 6 nitrogen and oxygen atoms in total. The lowest BCUT2D eigenvalue weighted by Crippen LogP contribution is -2.42. The van der Waals surface area contributed by atoms with Crippen molar-refractivity contribution < 1.29 is 24.2 Å². The Bertz CT molecular complexity index is 308. The van der Waals surface area contributed by atoms with Crippen LogP contribution in [0.25, 0.3) is 0 Å². The molecule has 110 valence electrons. The summed E-state index contributed by atoms with van der Waals surface area (Å²) >= 11 is 0. The monoisotopic (exact) mass is 273 g/mol. The van der Waals surface area contributed by atoms with Crippen LogP contribution in [0.5, 0.6) is 0 Å². The predicted octanol–water partition coefficient (Wildman–Crippen LogP) is 0.799. The highest BCUT2D eigenvalue weighted by atomic mass is 16.6. The van der Waals surface area contributed by atoms with Gasteiger partial charge in [0.25, 0.3) is 0 Å². The minimum Gasteiger partial charge on any atom is -0.481 e. The summed E-state index contributed by atoms with van der Waals surface area (Å²) in [5.74, 6) is -1.16. The normalized spacial score (nSPS) is 20.0. The highest BCUT2D eigenvalue weighted by molar-refractivity contribution is 5.84. The van der Waals surface area contributed by atoms with Crippen molar-refractivity contribution in [2.75, 3.05) is 26.4 Å². The largest absolute Gasteiger partial charge is 0.481 e. The summed E-state index contributed by atoms with van der Waals surface area (Å²) in [7, 11) is 0. The third kappa shape index (κ3) is 4.47. The van der Waals surface area contributed by atoms with Crippen LogP contribution < -0.4 is 5.32 Å². The predicted molar refractivity (Wildman–Crippen MR) is 68.8 cm³/mol. The molecule has 0 bridgehead atoms. The number of nitrogens with one attached hydrogen (secondary N) is 1. The molecule has 0 aromatic rings. The average Bonchev–Trinajstić information content (AvgIpc) is 2.43. The molecule has 0 aliphatic carbocycles. The Labute approximate surface area is 113 Å². The molecule has 1 unspecified atom stereocenters.